The topological polar surface area (TPSA) is 61.4 Å². The highest BCUT2D eigenvalue weighted by Gasteiger charge is 2.34. The third kappa shape index (κ3) is 2.63. The van der Waals surface area contributed by atoms with Crippen LogP contribution in [0.3, 0.4) is 0 Å². The fraction of sp³-hybridized carbons (Fsp3) is 0.533. The van der Waals surface area contributed by atoms with Crippen LogP contribution in [0.25, 0.3) is 0 Å². The summed E-state index contributed by atoms with van der Waals surface area (Å²) in [7, 11) is 0. The molecule has 20 heavy (non-hydrogen) atoms. The van der Waals surface area contributed by atoms with Gasteiger partial charge in [-0.15, -0.1) is 0 Å². The molecule has 0 aliphatic heterocycles. The van der Waals surface area contributed by atoms with E-state index >= 15 is 0 Å². The van der Waals surface area contributed by atoms with E-state index in [9.17, 15) is 14.3 Å². The monoisotopic (exact) mass is 278 g/mol. The van der Waals surface area contributed by atoms with Crippen molar-refractivity contribution in [3.05, 3.63) is 35.1 Å². The van der Waals surface area contributed by atoms with Crippen LogP contribution in [0.15, 0.2) is 18.2 Å². The second-order valence-electron chi connectivity index (χ2n) is 5.84. The quantitative estimate of drug-likeness (QED) is 0.792. The Bertz CT molecular complexity index is 529. The maximum Gasteiger partial charge on any atom is 0.315 e. The van der Waals surface area contributed by atoms with Crippen molar-refractivity contribution in [2.45, 2.75) is 43.7 Å². The fourth-order valence-electron chi connectivity index (χ4n) is 2.95. The first-order valence-electron chi connectivity index (χ1n) is 7.11. The number of aryl methyl sites for hydroxylation is 1. The Morgan fingerprint density at radius 1 is 1.45 bits per heavy atom. The number of fused-ring (bicyclic) bond motifs is 1. The Kier molecular flexibility index (Phi) is 3.38. The molecule has 4 nitrogen and oxygen atoms in total. The van der Waals surface area contributed by atoms with Gasteiger partial charge in [-0.1, -0.05) is 6.07 Å². The van der Waals surface area contributed by atoms with Crippen molar-refractivity contribution in [1.82, 2.24) is 10.6 Å². The molecule has 1 aromatic rings. The summed E-state index contributed by atoms with van der Waals surface area (Å²) in [6, 6.07) is 4.36. The molecule has 2 amide bonds. The molecule has 108 valence electrons. The average Bonchev–Trinajstić information content (AvgIpc) is 2.76. The maximum atomic E-state index is 13.1. The zero-order chi connectivity index (χ0) is 14.2. The molecule has 1 saturated carbocycles. The first-order chi connectivity index (χ1) is 9.56. The average molecular weight is 278 g/mol. The van der Waals surface area contributed by atoms with Crippen LogP contribution in [0, 0.1) is 5.82 Å². The number of aliphatic hydroxyl groups is 1. The SMILES string of the molecule is O=C(NCC1(O)CCC1)NC1CCc2cc(F)ccc21. The van der Waals surface area contributed by atoms with Gasteiger partial charge in [0.05, 0.1) is 11.6 Å². The van der Waals surface area contributed by atoms with Gasteiger partial charge in [0, 0.05) is 6.54 Å². The van der Waals surface area contributed by atoms with E-state index in [1.165, 1.54) is 12.1 Å². The highest BCUT2D eigenvalue weighted by molar-refractivity contribution is 5.74. The molecule has 1 aromatic carbocycles. The number of urea groups is 1. The summed E-state index contributed by atoms with van der Waals surface area (Å²) >= 11 is 0. The first kappa shape index (κ1) is 13.4. The van der Waals surface area contributed by atoms with Crippen LogP contribution in [0.2, 0.25) is 0 Å². The number of carbonyl (C=O) groups excluding carboxylic acids is 1. The molecular formula is C15H19FN2O2. The molecular weight excluding hydrogens is 259 g/mol. The molecule has 0 aromatic heterocycles. The minimum absolute atomic E-state index is 0.0679. The van der Waals surface area contributed by atoms with Gasteiger partial charge >= 0.3 is 6.03 Å². The lowest BCUT2D eigenvalue weighted by atomic mass is 9.80. The normalized spacial score (nSPS) is 22.8. The van der Waals surface area contributed by atoms with E-state index < -0.39 is 5.60 Å². The highest BCUT2D eigenvalue weighted by atomic mass is 19.1. The zero-order valence-corrected chi connectivity index (χ0v) is 11.3. The summed E-state index contributed by atoms with van der Waals surface area (Å²) in [5, 5.41) is 15.5. The summed E-state index contributed by atoms with van der Waals surface area (Å²) < 4.78 is 13.1. The second-order valence-corrected chi connectivity index (χ2v) is 5.84. The van der Waals surface area contributed by atoms with Gasteiger partial charge in [-0.2, -0.15) is 0 Å². The van der Waals surface area contributed by atoms with E-state index in [4.69, 9.17) is 0 Å². The van der Waals surface area contributed by atoms with Crippen LogP contribution in [0.1, 0.15) is 42.9 Å². The number of benzene rings is 1. The number of carbonyl (C=O) groups is 1. The Morgan fingerprint density at radius 2 is 2.25 bits per heavy atom. The molecule has 1 unspecified atom stereocenters. The van der Waals surface area contributed by atoms with Crippen LogP contribution in [-0.4, -0.2) is 23.3 Å². The van der Waals surface area contributed by atoms with Gasteiger partial charge in [0.2, 0.25) is 0 Å². The Hall–Kier alpha value is -1.62. The number of rotatable bonds is 3. The third-order valence-electron chi connectivity index (χ3n) is 4.35. The van der Waals surface area contributed by atoms with Gasteiger partial charge < -0.3 is 15.7 Å². The molecule has 0 heterocycles. The molecule has 1 atom stereocenters. The molecule has 2 aliphatic rings. The minimum Gasteiger partial charge on any atom is -0.388 e. The van der Waals surface area contributed by atoms with Crippen molar-refractivity contribution >= 4 is 6.03 Å². The van der Waals surface area contributed by atoms with E-state index in [-0.39, 0.29) is 17.9 Å². The molecule has 3 rings (SSSR count). The molecule has 5 heteroatoms. The maximum absolute atomic E-state index is 13.1. The van der Waals surface area contributed by atoms with E-state index in [0.29, 0.717) is 6.54 Å². The van der Waals surface area contributed by atoms with Gasteiger partial charge in [0.25, 0.3) is 0 Å². The van der Waals surface area contributed by atoms with Gasteiger partial charge in [-0.3, -0.25) is 0 Å². The second kappa shape index (κ2) is 5.05. The van der Waals surface area contributed by atoms with Crippen molar-refractivity contribution in [2.75, 3.05) is 6.54 Å². The van der Waals surface area contributed by atoms with E-state index in [2.05, 4.69) is 10.6 Å². The first-order valence-corrected chi connectivity index (χ1v) is 7.11. The van der Waals surface area contributed by atoms with E-state index in [1.54, 1.807) is 6.07 Å². The molecule has 0 bridgehead atoms. The Balaban J connectivity index is 1.55. The van der Waals surface area contributed by atoms with E-state index in [1.807, 2.05) is 0 Å². The molecule has 0 saturated heterocycles. The highest BCUT2D eigenvalue weighted by Crippen LogP contribution is 2.32. The standard InChI is InChI=1S/C15H19FN2O2/c16-11-3-4-12-10(8-11)2-5-13(12)18-14(19)17-9-15(20)6-1-7-15/h3-4,8,13,20H,1-2,5-7,9H2,(H2,17,18,19). The molecule has 1 fully saturated rings. The van der Waals surface area contributed by atoms with Crippen LogP contribution >= 0.6 is 0 Å². The Morgan fingerprint density at radius 3 is 2.95 bits per heavy atom. The van der Waals surface area contributed by atoms with Crippen molar-refractivity contribution in [3.63, 3.8) is 0 Å². The van der Waals surface area contributed by atoms with Crippen LogP contribution in [-0.2, 0) is 6.42 Å². The molecule has 3 N–H and O–H groups in total. The summed E-state index contributed by atoms with van der Waals surface area (Å²) in [5.41, 5.74) is 1.24. The van der Waals surface area contributed by atoms with E-state index in [0.717, 1.165) is 43.2 Å². The molecule has 0 spiro atoms. The summed E-state index contributed by atoms with van der Waals surface area (Å²) in [4.78, 5) is 11.9. The predicted molar refractivity (Wildman–Crippen MR) is 72.8 cm³/mol. The smallest absolute Gasteiger partial charge is 0.315 e. The molecule has 2 aliphatic carbocycles. The minimum atomic E-state index is -0.714. The molecule has 0 radical (unpaired) electrons. The van der Waals surface area contributed by atoms with Crippen molar-refractivity contribution in [1.29, 1.82) is 0 Å². The predicted octanol–water partition coefficient (Wildman–Crippen LogP) is 2.03. The number of halogens is 1. The summed E-state index contributed by atoms with van der Waals surface area (Å²) in [6.07, 6.45) is 4.08. The van der Waals surface area contributed by atoms with Crippen LogP contribution < -0.4 is 10.6 Å². The fourth-order valence-corrected chi connectivity index (χ4v) is 2.95. The number of amides is 2. The van der Waals surface area contributed by atoms with Gasteiger partial charge in [-0.25, -0.2) is 9.18 Å². The van der Waals surface area contributed by atoms with Gasteiger partial charge in [-0.05, 0) is 55.4 Å². The lowest BCUT2D eigenvalue weighted by molar-refractivity contribution is -0.0290. The number of hydrogen-bond donors (Lipinski definition) is 3. The summed E-state index contributed by atoms with van der Waals surface area (Å²) in [6.45, 7) is 0.293. The third-order valence-corrected chi connectivity index (χ3v) is 4.35. The lowest BCUT2D eigenvalue weighted by Gasteiger charge is -2.36. The van der Waals surface area contributed by atoms with Crippen LogP contribution in [0.4, 0.5) is 9.18 Å². The van der Waals surface area contributed by atoms with Crippen molar-refractivity contribution in [3.8, 4) is 0 Å². The van der Waals surface area contributed by atoms with Gasteiger partial charge in [0.1, 0.15) is 5.82 Å². The van der Waals surface area contributed by atoms with Crippen molar-refractivity contribution < 1.29 is 14.3 Å². The van der Waals surface area contributed by atoms with Crippen molar-refractivity contribution in [2.24, 2.45) is 0 Å². The largest absolute Gasteiger partial charge is 0.388 e. The van der Waals surface area contributed by atoms with Crippen LogP contribution in [0.5, 0.6) is 0 Å². The Labute approximate surface area is 117 Å². The number of hydrogen-bond acceptors (Lipinski definition) is 2. The zero-order valence-electron chi connectivity index (χ0n) is 11.3. The van der Waals surface area contributed by atoms with Gasteiger partial charge in [0.15, 0.2) is 0 Å². The number of nitrogens with one attached hydrogen (secondary N) is 2. The lowest BCUT2D eigenvalue weighted by Crippen LogP contribution is -2.50. The summed E-state index contributed by atoms with van der Waals surface area (Å²) in [5.74, 6) is -0.235.